The van der Waals surface area contributed by atoms with Gasteiger partial charge in [-0.2, -0.15) is 0 Å². The van der Waals surface area contributed by atoms with Crippen LogP contribution in [-0.2, 0) is 9.53 Å². The number of carbonyl (C=O) groups is 2. The number of halogens is 1. The maximum absolute atomic E-state index is 13.0. The van der Waals surface area contributed by atoms with Gasteiger partial charge < -0.3 is 23.7 Å². The molecule has 1 atom stereocenters. The minimum atomic E-state index is -0.524. The van der Waals surface area contributed by atoms with Crippen LogP contribution in [0.5, 0.6) is 5.75 Å². The van der Waals surface area contributed by atoms with Crippen molar-refractivity contribution >= 4 is 23.8 Å². The molecule has 0 radical (unpaired) electrons. The van der Waals surface area contributed by atoms with Crippen LogP contribution in [0.15, 0.2) is 33.9 Å². The molecule has 1 saturated heterocycles. The number of carbonyl (C=O) groups excluding carboxylic acids is 2. The summed E-state index contributed by atoms with van der Waals surface area (Å²) < 4.78 is 29.1. The van der Waals surface area contributed by atoms with E-state index in [-0.39, 0.29) is 34.7 Å². The molecule has 11 heteroatoms. The fraction of sp³-hybridized carbons (Fsp3) is 0.474. The van der Waals surface area contributed by atoms with Crippen molar-refractivity contribution in [3.63, 3.8) is 0 Å². The average molecular weight is 438 g/mol. The summed E-state index contributed by atoms with van der Waals surface area (Å²) in [5.74, 6) is 0.469. The van der Waals surface area contributed by atoms with E-state index in [0.717, 1.165) is 11.8 Å². The Labute approximate surface area is 177 Å². The smallest absolute Gasteiger partial charge is 0.409 e. The van der Waals surface area contributed by atoms with E-state index in [4.69, 9.17) is 13.9 Å². The van der Waals surface area contributed by atoms with Gasteiger partial charge in [0.2, 0.25) is 5.91 Å². The number of amides is 2. The normalized spacial score (nSPS) is 15.0. The maximum Gasteiger partial charge on any atom is 0.409 e. The van der Waals surface area contributed by atoms with E-state index >= 15 is 0 Å². The Morgan fingerprint density at radius 2 is 1.83 bits per heavy atom. The fourth-order valence-electron chi connectivity index (χ4n) is 2.78. The zero-order chi connectivity index (χ0) is 21.5. The van der Waals surface area contributed by atoms with Crippen molar-refractivity contribution in [2.24, 2.45) is 0 Å². The molecule has 0 spiro atoms. The first-order chi connectivity index (χ1) is 14.5. The molecule has 9 nitrogen and oxygen atoms in total. The molecule has 2 aromatic rings. The minimum absolute atomic E-state index is 0.0705. The maximum atomic E-state index is 13.0. The van der Waals surface area contributed by atoms with E-state index in [1.165, 1.54) is 24.3 Å². The average Bonchev–Trinajstić information content (AvgIpc) is 3.23. The first kappa shape index (κ1) is 21.9. The highest BCUT2D eigenvalue weighted by Crippen LogP contribution is 2.24. The largest absolute Gasteiger partial charge is 0.481 e. The van der Waals surface area contributed by atoms with Crippen molar-refractivity contribution in [1.82, 2.24) is 20.0 Å². The first-order valence-corrected chi connectivity index (χ1v) is 10.5. The number of rotatable bonds is 7. The highest BCUT2D eigenvalue weighted by molar-refractivity contribution is 7.99. The summed E-state index contributed by atoms with van der Waals surface area (Å²) in [5.41, 5.74) is 0. The van der Waals surface area contributed by atoms with Gasteiger partial charge in [0, 0.05) is 26.2 Å². The highest BCUT2D eigenvalue weighted by atomic mass is 32.2. The van der Waals surface area contributed by atoms with Crippen LogP contribution in [0.25, 0.3) is 0 Å². The third-order valence-electron chi connectivity index (χ3n) is 4.37. The molecular formula is C19H23FN4O5S. The summed E-state index contributed by atoms with van der Waals surface area (Å²) in [6, 6.07) is 5.63. The Kier molecular flexibility index (Phi) is 7.50. The molecule has 1 aliphatic rings. The molecule has 1 fully saturated rings. The lowest BCUT2D eigenvalue weighted by Gasteiger charge is -2.33. The predicted molar refractivity (Wildman–Crippen MR) is 106 cm³/mol. The number of thioether (sulfide) groups is 1. The second-order valence-electron chi connectivity index (χ2n) is 6.48. The topological polar surface area (TPSA) is 98.0 Å². The molecule has 0 N–H and O–H groups in total. The molecule has 2 amide bonds. The molecule has 2 heterocycles. The van der Waals surface area contributed by atoms with Crippen molar-refractivity contribution in [2.45, 2.75) is 25.2 Å². The zero-order valence-corrected chi connectivity index (χ0v) is 17.6. The standard InChI is InChI=1S/C19H23FN4O5S/c1-3-27-19(26)24-10-8-23(9-11-24)16(25)12-30-18-22-21-17(29-18)13(2)28-15-6-4-14(20)5-7-15/h4-7,13H,3,8-12H2,1-2H3. The molecule has 1 aromatic heterocycles. The van der Waals surface area contributed by atoms with Gasteiger partial charge in [0.15, 0.2) is 6.10 Å². The Bertz CT molecular complexity index is 855. The molecular weight excluding hydrogens is 415 g/mol. The molecule has 30 heavy (non-hydrogen) atoms. The Hall–Kier alpha value is -2.82. The van der Waals surface area contributed by atoms with Crippen LogP contribution in [0.3, 0.4) is 0 Å². The van der Waals surface area contributed by atoms with Crippen LogP contribution >= 0.6 is 11.8 Å². The minimum Gasteiger partial charge on any atom is -0.481 e. The van der Waals surface area contributed by atoms with Gasteiger partial charge in [-0.15, -0.1) is 10.2 Å². The van der Waals surface area contributed by atoms with Crippen LogP contribution in [0.2, 0.25) is 0 Å². The van der Waals surface area contributed by atoms with Gasteiger partial charge in [0.1, 0.15) is 11.6 Å². The van der Waals surface area contributed by atoms with Crippen molar-refractivity contribution in [2.75, 3.05) is 38.5 Å². The number of hydrogen-bond donors (Lipinski definition) is 0. The number of piperazine rings is 1. The number of aromatic nitrogens is 2. The van der Waals surface area contributed by atoms with Gasteiger partial charge in [-0.1, -0.05) is 11.8 Å². The van der Waals surface area contributed by atoms with Crippen molar-refractivity contribution < 1.29 is 27.9 Å². The van der Waals surface area contributed by atoms with Crippen LogP contribution in [0.4, 0.5) is 9.18 Å². The summed E-state index contributed by atoms with van der Waals surface area (Å²) in [6.07, 6.45) is -0.877. The summed E-state index contributed by atoms with van der Waals surface area (Å²) in [6.45, 7) is 5.61. The molecule has 162 valence electrons. The molecule has 0 aliphatic carbocycles. The van der Waals surface area contributed by atoms with Gasteiger partial charge in [0.05, 0.1) is 12.4 Å². The molecule has 3 rings (SSSR count). The molecule has 1 unspecified atom stereocenters. The summed E-state index contributed by atoms with van der Waals surface area (Å²) >= 11 is 1.14. The van der Waals surface area contributed by atoms with Crippen LogP contribution in [0, 0.1) is 5.82 Å². The second kappa shape index (κ2) is 10.3. The van der Waals surface area contributed by atoms with Crippen molar-refractivity contribution in [1.29, 1.82) is 0 Å². The van der Waals surface area contributed by atoms with E-state index in [2.05, 4.69) is 10.2 Å². The van der Waals surface area contributed by atoms with E-state index in [1.54, 1.807) is 23.6 Å². The number of nitrogens with zero attached hydrogens (tertiary/aromatic N) is 4. The van der Waals surface area contributed by atoms with Crippen LogP contribution in [-0.4, -0.2) is 70.5 Å². The quantitative estimate of drug-likeness (QED) is 0.609. The van der Waals surface area contributed by atoms with Gasteiger partial charge in [-0.25, -0.2) is 9.18 Å². The lowest BCUT2D eigenvalue weighted by atomic mass is 10.3. The van der Waals surface area contributed by atoms with E-state index in [0.29, 0.717) is 38.5 Å². The van der Waals surface area contributed by atoms with Crippen LogP contribution < -0.4 is 4.74 Å². The lowest BCUT2D eigenvalue weighted by Crippen LogP contribution is -2.51. The molecule has 0 saturated carbocycles. The predicted octanol–water partition coefficient (Wildman–Crippen LogP) is 2.74. The van der Waals surface area contributed by atoms with E-state index in [9.17, 15) is 14.0 Å². The number of benzene rings is 1. The SMILES string of the molecule is CCOC(=O)N1CCN(C(=O)CSc2nnc(C(C)Oc3ccc(F)cc3)o2)CC1. The lowest BCUT2D eigenvalue weighted by molar-refractivity contribution is -0.129. The van der Waals surface area contributed by atoms with E-state index < -0.39 is 6.10 Å². The Balaban J connectivity index is 1.44. The first-order valence-electron chi connectivity index (χ1n) is 9.54. The third kappa shape index (κ3) is 5.85. The van der Waals surface area contributed by atoms with Gasteiger partial charge >= 0.3 is 6.09 Å². The molecule has 0 bridgehead atoms. The van der Waals surface area contributed by atoms with Crippen molar-refractivity contribution in [3.05, 3.63) is 36.0 Å². The summed E-state index contributed by atoms with van der Waals surface area (Å²) in [7, 11) is 0. The van der Waals surface area contributed by atoms with Crippen LogP contribution in [0.1, 0.15) is 25.8 Å². The van der Waals surface area contributed by atoms with Gasteiger partial charge in [-0.05, 0) is 38.1 Å². The molecule has 1 aromatic carbocycles. The monoisotopic (exact) mass is 438 g/mol. The van der Waals surface area contributed by atoms with E-state index in [1.807, 2.05) is 0 Å². The second-order valence-corrected chi connectivity index (χ2v) is 7.40. The van der Waals surface area contributed by atoms with Gasteiger partial charge in [0.25, 0.3) is 11.1 Å². The summed E-state index contributed by atoms with van der Waals surface area (Å²) in [5, 5.41) is 8.14. The number of hydrogen-bond acceptors (Lipinski definition) is 8. The Morgan fingerprint density at radius 3 is 2.50 bits per heavy atom. The highest BCUT2D eigenvalue weighted by Gasteiger charge is 2.25. The summed E-state index contributed by atoms with van der Waals surface area (Å²) in [4.78, 5) is 27.4. The molecule has 1 aliphatic heterocycles. The van der Waals surface area contributed by atoms with Gasteiger partial charge in [-0.3, -0.25) is 4.79 Å². The fourth-order valence-corrected chi connectivity index (χ4v) is 3.45. The Morgan fingerprint density at radius 1 is 1.17 bits per heavy atom. The third-order valence-corrected chi connectivity index (χ3v) is 5.18. The zero-order valence-electron chi connectivity index (χ0n) is 16.7. The van der Waals surface area contributed by atoms with Crippen molar-refractivity contribution in [3.8, 4) is 5.75 Å². The number of ether oxygens (including phenoxy) is 2.